The van der Waals surface area contributed by atoms with Crippen LogP contribution >= 0.6 is 0 Å². The maximum Gasteiger partial charge on any atom is 0.309 e. The van der Waals surface area contributed by atoms with Gasteiger partial charge in [0.15, 0.2) is 0 Å². The molecule has 0 heterocycles. The molecule has 13 heavy (non-hydrogen) atoms. The topological polar surface area (TPSA) is 63.6 Å². The van der Waals surface area contributed by atoms with E-state index in [1.807, 2.05) is 0 Å². The number of rotatable bonds is 3. The predicted octanol–water partition coefficient (Wildman–Crippen LogP) is 0.845. The lowest BCUT2D eigenvalue weighted by atomic mass is 9.86. The van der Waals surface area contributed by atoms with Crippen LogP contribution in [0.3, 0.4) is 0 Å². The van der Waals surface area contributed by atoms with Gasteiger partial charge >= 0.3 is 5.97 Å². The van der Waals surface area contributed by atoms with Gasteiger partial charge in [0.25, 0.3) is 0 Å². The van der Waals surface area contributed by atoms with E-state index in [4.69, 9.17) is 9.84 Å². The number of carbonyl (C=O) groups is 2. The van der Waals surface area contributed by atoms with Crippen molar-refractivity contribution in [1.29, 1.82) is 0 Å². The Kier molecular flexibility index (Phi) is 3.42. The van der Waals surface area contributed by atoms with Crippen LogP contribution in [-0.2, 0) is 14.3 Å². The Hall–Kier alpha value is -0.900. The molecule has 74 valence electrons. The van der Waals surface area contributed by atoms with E-state index in [0.717, 1.165) is 0 Å². The number of ketones is 1. The molecule has 0 radical (unpaired) electrons. The zero-order valence-corrected chi connectivity index (χ0v) is 7.66. The molecule has 0 amide bonds. The van der Waals surface area contributed by atoms with Gasteiger partial charge in [-0.05, 0) is 13.3 Å². The van der Waals surface area contributed by atoms with Gasteiger partial charge in [-0.15, -0.1) is 0 Å². The lowest BCUT2D eigenvalue weighted by Gasteiger charge is -2.27. The molecule has 0 unspecified atom stereocenters. The number of carbonyl (C=O) groups excluding carboxylic acids is 1. The highest BCUT2D eigenvalue weighted by Gasteiger charge is 2.34. The van der Waals surface area contributed by atoms with Crippen LogP contribution in [0.25, 0.3) is 0 Å². The van der Waals surface area contributed by atoms with Gasteiger partial charge in [-0.2, -0.15) is 0 Å². The summed E-state index contributed by atoms with van der Waals surface area (Å²) in [6, 6.07) is 0. The Morgan fingerprint density at radius 3 is 2.92 bits per heavy atom. The molecule has 0 bridgehead atoms. The molecule has 0 spiro atoms. The normalized spacial score (nSPS) is 28.8. The predicted molar refractivity (Wildman–Crippen MR) is 45.4 cm³/mol. The van der Waals surface area contributed by atoms with E-state index in [2.05, 4.69) is 0 Å². The molecule has 1 aliphatic carbocycles. The summed E-state index contributed by atoms with van der Waals surface area (Å²) in [4.78, 5) is 21.8. The zero-order chi connectivity index (χ0) is 9.84. The lowest BCUT2D eigenvalue weighted by Crippen LogP contribution is -2.36. The summed E-state index contributed by atoms with van der Waals surface area (Å²) in [5, 5.41) is 8.83. The summed E-state index contributed by atoms with van der Waals surface area (Å²) >= 11 is 0. The molecule has 0 saturated heterocycles. The standard InChI is InChI=1S/C9H14O4/c1-2-13-8-5-6(10)3-4-7(8)9(11)12/h7-8H,2-5H2,1H3,(H,11,12)/t7-,8+/m0/s1. The van der Waals surface area contributed by atoms with Crippen LogP contribution in [0.1, 0.15) is 26.2 Å². The highest BCUT2D eigenvalue weighted by atomic mass is 16.5. The highest BCUT2D eigenvalue weighted by Crippen LogP contribution is 2.24. The van der Waals surface area contributed by atoms with Gasteiger partial charge in [-0.25, -0.2) is 0 Å². The minimum absolute atomic E-state index is 0.107. The molecular formula is C9H14O4. The quantitative estimate of drug-likeness (QED) is 0.709. The van der Waals surface area contributed by atoms with Crippen LogP contribution in [0.4, 0.5) is 0 Å². The lowest BCUT2D eigenvalue weighted by molar-refractivity contribution is -0.151. The molecule has 2 atom stereocenters. The molecule has 1 rings (SSSR count). The fraction of sp³-hybridized carbons (Fsp3) is 0.778. The van der Waals surface area contributed by atoms with Crippen LogP contribution in [-0.4, -0.2) is 29.6 Å². The Morgan fingerprint density at radius 1 is 1.69 bits per heavy atom. The van der Waals surface area contributed by atoms with Crippen LogP contribution in [0.5, 0.6) is 0 Å². The van der Waals surface area contributed by atoms with Crippen molar-refractivity contribution < 1.29 is 19.4 Å². The third kappa shape index (κ3) is 2.52. The molecule has 0 aromatic rings. The van der Waals surface area contributed by atoms with Crippen LogP contribution in [0, 0.1) is 5.92 Å². The SMILES string of the molecule is CCO[C@@H]1CC(=O)CC[C@@H]1C(=O)O. The summed E-state index contributed by atoms with van der Waals surface area (Å²) in [7, 11) is 0. The fourth-order valence-corrected chi connectivity index (χ4v) is 1.64. The first kappa shape index (κ1) is 10.2. The van der Waals surface area contributed by atoms with E-state index >= 15 is 0 Å². The Labute approximate surface area is 76.9 Å². The van der Waals surface area contributed by atoms with Gasteiger partial charge < -0.3 is 9.84 Å². The average molecular weight is 186 g/mol. The second kappa shape index (κ2) is 4.37. The Morgan fingerprint density at radius 2 is 2.38 bits per heavy atom. The first-order valence-electron chi connectivity index (χ1n) is 4.51. The molecule has 1 fully saturated rings. The molecule has 0 aromatic heterocycles. The summed E-state index contributed by atoms with van der Waals surface area (Å²) in [6.45, 7) is 2.26. The molecule has 0 aliphatic heterocycles. The van der Waals surface area contributed by atoms with Gasteiger partial charge in [0.2, 0.25) is 0 Å². The minimum atomic E-state index is -0.856. The fourth-order valence-electron chi connectivity index (χ4n) is 1.64. The van der Waals surface area contributed by atoms with E-state index in [0.29, 0.717) is 19.4 Å². The third-order valence-corrected chi connectivity index (χ3v) is 2.31. The van der Waals surface area contributed by atoms with Crippen molar-refractivity contribution in [2.45, 2.75) is 32.3 Å². The second-order valence-corrected chi connectivity index (χ2v) is 3.22. The van der Waals surface area contributed by atoms with Crippen molar-refractivity contribution in [3.05, 3.63) is 0 Å². The van der Waals surface area contributed by atoms with E-state index in [1.165, 1.54) is 0 Å². The van der Waals surface area contributed by atoms with Crippen molar-refractivity contribution in [2.24, 2.45) is 5.92 Å². The number of Topliss-reactive ketones (excluding diaryl/α,β-unsaturated/α-hetero) is 1. The van der Waals surface area contributed by atoms with Gasteiger partial charge in [-0.1, -0.05) is 0 Å². The second-order valence-electron chi connectivity index (χ2n) is 3.22. The van der Waals surface area contributed by atoms with E-state index < -0.39 is 18.0 Å². The molecule has 1 saturated carbocycles. The number of carboxylic acid groups (broad SMARTS) is 1. The summed E-state index contributed by atoms with van der Waals surface area (Å²) in [5.74, 6) is -1.25. The minimum Gasteiger partial charge on any atom is -0.481 e. The van der Waals surface area contributed by atoms with E-state index in [9.17, 15) is 9.59 Å². The van der Waals surface area contributed by atoms with Gasteiger partial charge in [0.05, 0.1) is 12.0 Å². The molecule has 1 aliphatic rings. The summed E-state index contributed by atoms with van der Waals surface area (Å²) < 4.78 is 5.23. The largest absolute Gasteiger partial charge is 0.481 e. The summed E-state index contributed by atoms with van der Waals surface area (Å²) in [6.07, 6.45) is 0.633. The molecule has 4 nitrogen and oxygen atoms in total. The first-order valence-corrected chi connectivity index (χ1v) is 4.51. The zero-order valence-electron chi connectivity index (χ0n) is 7.66. The number of carboxylic acids is 1. The Bertz CT molecular complexity index is 212. The van der Waals surface area contributed by atoms with Crippen LogP contribution in [0.15, 0.2) is 0 Å². The molecule has 1 N–H and O–H groups in total. The molecule has 0 aromatic carbocycles. The van der Waals surface area contributed by atoms with Gasteiger partial charge in [0.1, 0.15) is 5.78 Å². The van der Waals surface area contributed by atoms with Crippen molar-refractivity contribution in [2.75, 3.05) is 6.61 Å². The highest BCUT2D eigenvalue weighted by molar-refractivity contribution is 5.83. The van der Waals surface area contributed by atoms with Crippen molar-refractivity contribution in [3.63, 3.8) is 0 Å². The number of ether oxygens (including phenoxy) is 1. The molecule has 4 heteroatoms. The first-order chi connectivity index (χ1) is 6.15. The van der Waals surface area contributed by atoms with Crippen LogP contribution in [0.2, 0.25) is 0 Å². The summed E-state index contributed by atoms with van der Waals surface area (Å²) in [5.41, 5.74) is 0. The van der Waals surface area contributed by atoms with Crippen molar-refractivity contribution in [3.8, 4) is 0 Å². The van der Waals surface area contributed by atoms with Crippen LogP contribution < -0.4 is 0 Å². The Balaban J connectivity index is 2.60. The number of hydrogen-bond donors (Lipinski definition) is 1. The van der Waals surface area contributed by atoms with Gasteiger partial charge in [0, 0.05) is 19.4 Å². The van der Waals surface area contributed by atoms with Crippen molar-refractivity contribution >= 4 is 11.8 Å². The average Bonchev–Trinajstić information content (AvgIpc) is 2.04. The maximum absolute atomic E-state index is 11.0. The van der Waals surface area contributed by atoms with E-state index in [-0.39, 0.29) is 12.2 Å². The molecular weight excluding hydrogens is 172 g/mol. The van der Waals surface area contributed by atoms with E-state index in [1.54, 1.807) is 6.92 Å². The third-order valence-electron chi connectivity index (χ3n) is 2.31. The number of aliphatic carboxylic acids is 1. The smallest absolute Gasteiger partial charge is 0.309 e. The van der Waals surface area contributed by atoms with Crippen molar-refractivity contribution in [1.82, 2.24) is 0 Å². The number of hydrogen-bond acceptors (Lipinski definition) is 3. The van der Waals surface area contributed by atoms with Gasteiger partial charge in [-0.3, -0.25) is 9.59 Å². The monoisotopic (exact) mass is 186 g/mol. The maximum atomic E-state index is 11.0.